The van der Waals surface area contributed by atoms with E-state index in [-0.39, 0.29) is 5.91 Å². The van der Waals surface area contributed by atoms with Gasteiger partial charge in [-0.15, -0.1) is 0 Å². The molecule has 5 nitrogen and oxygen atoms in total. The third-order valence-electron chi connectivity index (χ3n) is 2.36. The van der Waals surface area contributed by atoms with Crippen LogP contribution in [0.2, 0.25) is 0 Å². The van der Waals surface area contributed by atoms with E-state index in [1.165, 1.54) is 0 Å². The molecule has 0 aliphatic carbocycles. The summed E-state index contributed by atoms with van der Waals surface area (Å²) in [6, 6.07) is 1.78. The monoisotopic (exact) mass is 211 g/mol. The summed E-state index contributed by atoms with van der Waals surface area (Å²) in [5, 5.41) is 6.48. The molecule has 0 spiro atoms. The van der Waals surface area contributed by atoms with Crippen LogP contribution in [-0.4, -0.2) is 16.6 Å². The van der Waals surface area contributed by atoms with Crippen molar-refractivity contribution in [2.24, 2.45) is 5.73 Å². The Morgan fingerprint density at radius 2 is 2.40 bits per heavy atom. The van der Waals surface area contributed by atoms with Gasteiger partial charge in [-0.1, -0.05) is 12.1 Å². The minimum atomic E-state index is -0.821. The fourth-order valence-corrected chi connectivity index (χ4v) is 1.03. The van der Waals surface area contributed by atoms with Gasteiger partial charge in [-0.05, 0) is 20.3 Å². The van der Waals surface area contributed by atoms with Gasteiger partial charge >= 0.3 is 0 Å². The molecule has 0 aliphatic heterocycles. The van der Waals surface area contributed by atoms with Gasteiger partial charge in [0.05, 0.1) is 12.1 Å². The zero-order chi connectivity index (χ0) is 11.5. The molecule has 0 aliphatic rings. The van der Waals surface area contributed by atoms with Crippen LogP contribution in [0, 0.1) is 6.92 Å². The molecule has 1 heterocycles. The number of hydrogen-bond donors (Lipinski definition) is 2. The van der Waals surface area contributed by atoms with Gasteiger partial charge in [0.2, 0.25) is 5.91 Å². The van der Waals surface area contributed by atoms with E-state index in [1.807, 2.05) is 6.92 Å². The van der Waals surface area contributed by atoms with Crippen LogP contribution >= 0.6 is 0 Å². The quantitative estimate of drug-likeness (QED) is 0.769. The predicted octanol–water partition coefficient (Wildman–Crippen LogP) is 0.727. The Balaban J connectivity index is 2.47. The van der Waals surface area contributed by atoms with Crippen molar-refractivity contribution in [3.63, 3.8) is 0 Å². The number of aryl methyl sites for hydroxylation is 1. The minimum absolute atomic E-state index is 0.175. The molecule has 84 valence electrons. The molecule has 0 bridgehead atoms. The summed E-state index contributed by atoms with van der Waals surface area (Å²) in [6.07, 6.45) is 0.594. The maximum absolute atomic E-state index is 11.6. The first-order valence-electron chi connectivity index (χ1n) is 4.95. The van der Waals surface area contributed by atoms with Crippen molar-refractivity contribution in [2.45, 2.75) is 39.3 Å². The van der Waals surface area contributed by atoms with Crippen molar-refractivity contribution in [1.29, 1.82) is 0 Å². The van der Waals surface area contributed by atoms with Gasteiger partial charge in [-0.25, -0.2) is 0 Å². The second-order valence-corrected chi connectivity index (χ2v) is 3.88. The van der Waals surface area contributed by atoms with E-state index >= 15 is 0 Å². The lowest BCUT2D eigenvalue weighted by molar-refractivity contribution is -0.126. The van der Waals surface area contributed by atoms with E-state index in [2.05, 4.69) is 10.5 Å². The number of nitrogens with zero attached hydrogens (tertiary/aromatic N) is 1. The number of amides is 1. The third kappa shape index (κ3) is 3.06. The number of nitrogens with two attached hydrogens (primary N) is 1. The molecule has 0 saturated heterocycles. The van der Waals surface area contributed by atoms with Crippen molar-refractivity contribution >= 4 is 5.91 Å². The summed E-state index contributed by atoms with van der Waals surface area (Å²) in [6.45, 7) is 5.73. The molecular weight excluding hydrogens is 194 g/mol. The van der Waals surface area contributed by atoms with Crippen LogP contribution in [0.15, 0.2) is 10.6 Å². The Kier molecular flexibility index (Phi) is 3.47. The first kappa shape index (κ1) is 11.7. The lowest BCUT2D eigenvalue weighted by Gasteiger charge is -2.20. The second kappa shape index (κ2) is 4.44. The summed E-state index contributed by atoms with van der Waals surface area (Å²) < 4.78 is 4.88. The standard InChI is InChI=1S/C10H17N3O2/c1-4-10(3,11)9(14)12-6-8-5-7(2)15-13-8/h5H,4,6,11H2,1-3H3,(H,12,14). The van der Waals surface area contributed by atoms with Crippen molar-refractivity contribution in [3.8, 4) is 0 Å². The lowest BCUT2D eigenvalue weighted by atomic mass is 10.00. The number of carbonyl (C=O) groups excluding carboxylic acids is 1. The molecule has 1 amide bonds. The average Bonchev–Trinajstić information content (AvgIpc) is 2.60. The fraction of sp³-hybridized carbons (Fsp3) is 0.600. The molecular formula is C10H17N3O2. The van der Waals surface area contributed by atoms with Crippen molar-refractivity contribution in [3.05, 3.63) is 17.5 Å². The maximum Gasteiger partial charge on any atom is 0.240 e. The van der Waals surface area contributed by atoms with Crippen molar-refractivity contribution in [1.82, 2.24) is 10.5 Å². The molecule has 1 unspecified atom stereocenters. The average molecular weight is 211 g/mol. The zero-order valence-electron chi connectivity index (χ0n) is 9.33. The highest BCUT2D eigenvalue weighted by atomic mass is 16.5. The van der Waals surface area contributed by atoms with Gasteiger partial charge in [0, 0.05) is 6.07 Å². The Bertz CT molecular complexity index is 344. The lowest BCUT2D eigenvalue weighted by Crippen LogP contribution is -2.50. The van der Waals surface area contributed by atoms with Crippen LogP contribution in [0.3, 0.4) is 0 Å². The molecule has 1 rings (SSSR count). The Morgan fingerprint density at radius 3 is 2.87 bits per heavy atom. The highest BCUT2D eigenvalue weighted by molar-refractivity contribution is 5.85. The predicted molar refractivity (Wildman–Crippen MR) is 56.0 cm³/mol. The molecule has 0 radical (unpaired) electrons. The number of rotatable bonds is 4. The van der Waals surface area contributed by atoms with Crippen LogP contribution in [-0.2, 0) is 11.3 Å². The van der Waals surface area contributed by atoms with Crippen LogP contribution < -0.4 is 11.1 Å². The Labute approximate surface area is 89.0 Å². The van der Waals surface area contributed by atoms with E-state index in [4.69, 9.17) is 10.3 Å². The summed E-state index contributed by atoms with van der Waals surface area (Å²) in [7, 11) is 0. The van der Waals surface area contributed by atoms with Gasteiger partial charge in [0.25, 0.3) is 0 Å². The highest BCUT2D eigenvalue weighted by Gasteiger charge is 2.25. The van der Waals surface area contributed by atoms with Gasteiger partial charge in [0.15, 0.2) is 0 Å². The van der Waals surface area contributed by atoms with Crippen LogP contribution in [0.5, 0.6) is 0 Å². The maximum atomic E-state index is 11.6. The summed E-state index contributed by atoms with van der Waals surface area (Å²) in [4.78, 5) is 11.6. The SMILES string of the molecule is CCC(C)(N)C(=O)NCc1cc(C)on1. The minimum Gasteiger partial charge on any atom is -0.361 e. The molecule has 1 aromatic rings. The molecule has 1 aromatic heterocycles. The molecule has 0 aromatic carbocycles. The highest BCUT2D eigenvalue weighted by Crippen LogP contribution is 2.06. The largest absolute Gasteiger partial charge is 0.361 e. The summed E-state index contributed by atoms with van der Waals surface area (Å²) in [5.74, 6) is 0.552. The number of nitrogens with one attached hydrogen (secondary N) is 1. The van der Waals surface area contributed by atoms with E-state index in [1.54, 1.807) is 19.9 Å². The van der Waals surface area contributed by atoms with Crippen molar-refractivity contribution < 1.29 is 9.32 Å². The summed E-state index contributed by atoms with van der Waals surface area (Å²) in [5.41, 5.74) is 5.65. The van der Waals surface area contributed by atoms with Gasteiger partial charge in [-0.3, -0.25) is 4.79 Å². The van der Waals surface area contributed by atoms with Crippen LogP contribution in [0.4, 0.5) is 0 Å². The normalized spacial score (nSPS) is 14.7. The number of hydrogen-bond acceptors (Lipinski definition) is 4. The van der Waals surface area contributed by atoms with Crippen LogP contribution in [0.25, 0.3) is 0 Å². The fourth-order valence-electron chi connectivity index (χ4n) is 1.03. The Hall–Kier alpha value is -1.36. The smallest absolute Gasteiger partial charge is 0.240 e. The van der Waals surface area contributed by atoms with Crippen molar-refractivity contribution in [2.75, 3.05) is 0 Å². The first-order valence-corrected chi connectivity index (χ1v) is 4.95. The molecule has 15 heavy (non-hydrogen) atoms. The molecule has 1 atom stereocenters. The van der Waals surface area contributed by atoms with Gasteiger partial charge < -0.3 is 15.6 Å². The van der Waals surface area contributed by atoms with E-state index in [9.17, 15) is 4.79 Å². The van der Waals surface area contributed by atoms with E-state index in [0.717, 1.165) is 5.76 Å². The molecule has 5 heteroatoms. The molecule has 3 N–H and O–H groups in total. The van der Waals surface area contributed by atoms with E-state index < -0.39 is 5.54 Å². The Morgan fingerprint density at radius 1 is 1.73 bits per heavy atom. The zero-order valence-corrected chi connectivity index (χ0v) is 9.33. The van der Waals surface area contributed by atoms with E-state index in [0.29, 0.717) is 18.7 Å². The first-order chi connectivity index (χ1) is 6.95. The molecule has 0 saturated carbocycles. The number of carbonyl (C=O) groups is 1. The second-order valence-electron chi connectivity index (χ2n) is 3.88. The van der Waals surface area contributed by atoms with Crippen LogP contribution in [0.1, 0.15) is 31.7 Å². The third-order valence-corrected chi connectivity index (χ3v) is 2.36. The number of aromatic nitrogens is 1. The molecule has 0 fully saturated rings. The van der Waals surface area contributed by atoms with Gasteiger partial charge in [0.1, 0.15) is 11.5 Å². The van der Waals surface area contributed by atoms with Gasteiger partial charge in [-0.2, -0.15) is 0 Å². The topological polar surface area (TPSA) is 81.2 Å². The summed E-state index contributed by atoms with van der Waals surface area (Å²) >= 11 is 0.